The minimum atomic E-state index is -2.17. The third-order valence-electron chi connectivity index (χ3n) is 16.0. The van der Waals surface area contributed by atoms with Crippen LogP contribution in [0.25, 0.3) is 0 Å². The van der Waals surface area contributed by atoms with Crippen molar-refractivity contribution in [1.29, 1.82) is 0 Å². The van der Waals surface area contributed by atoms with Crippen LogP contribution < -0.4 is 25.0 Å². The number of hydroxylamine groups is 1. The number of hydrogen-bond donors (Lipinski definition) is 6. The van der Waals surface area contributed by atoms with Gasteiger partial charge in [-0.3, -0.25) is 29.3 Å². The number of fused-ring (bicyclic) bond motifs is 3. The van der Waals surface area contributed by atoms with Crippen LogP contribution >= 0.6 is 55.9 Å². The number of halogens is 1. The van der Waals surface area contributed by atoms with Gasteiger partial charge < -0.3 is 86.9 Å². The Bertz CT molecular complexity index is 3100. The summed E-state index contributed by atoms with van der Waals surface area (Å²) >= 11 is 2.83. The highest BCUT2D eigenvalue weighted by Gasteiger charge is 2.59. The first-order valence-corrected chi connectivity index (χ1v) is 33.6. The number of alkyl carbamates (subject to hydrolysis) is 1. The molecule has 2 amide bonds. The van der Waals surface area contributed by atoms with E-state index in [1.807, 2.05) is 43.4 Å². The smallest absolute Gasteiger partial charge is 0.411 e. The molecule has 26 nitrogen and oxygen atoms in total. The van der Waals surface area contributed by atoms with E-state index in [0.29, 0.717) is 15.7 Å². The van der Waals surface area contributed by atoms with E-state index in [1.165, 1.54) is 76.0 Å². The number of ether oxygens (including phenoxy) is 13. The van der Waals surface area contributed by atoms with Gasteiger partial charge in [-0.25, -0.2) is 4.79 Å². The van der Waals surface area contributed by atoms with E-state index < -0.39 is 137 Å². The number of benzene rings is 1. The van der Waals surface area contributed by atoms with Crippen LogP contribution in [-0.4, -0.2) is 222 Å². The van der Waals surface area contributed by atoms with Crippen molar-refractivity contribution in [3.63, 3.8) is 0 Å². The van der Waals surface area contributed by atoms with Crippen molar-refractivity contribution in [1.82, 2.24) is 15.7 Å². The second-order valence-electron chi connectivity index (χ2n) is 23.3. The first kappa shape index (κ1) is 72.7. The molecule has 18 atom stereocenters. The topological polar surface area (TPSA) is 326 Å². The molecule has 7 aliphatic rings. The summed E-state index contributed by atoms with van der Waals surface area (Å²) in [6.07, 6.45) is -12.7. The van der Waals surface area contributed by atoms with E-state index in [4.69, 9.17) is 66.4 Å². The standard InChI is InChI=1S/C61H80IN3O23S3/c1-14-65(32(5)67)34-28-80-40(24-39(34)75-9)83-47-37(70)26-60(8,87-57(47)82-38-19-17-15-16-18-21-61(74)27-36(69)45(63-58(73)79-13)43(38)33(61)20-22-89-91-59(6,7)25-29(2)66)64-88-41-23-35(68)53(31(4)81-41)90-54(72)42-30(3)44(62)49(51(78-12)48(42)76-10)84-55-46(71)50(77-11)52-56(85-52)86-55/h15-16,20,31,34-35,37-41,46-47,50,52-53,55-57,64,68,70-71,74H,14,22-28H2,1-13H3,(H,63,73)/b16-15-,33-20+/t31?,34?,35?,37?,38-,39?,40?,41?,46?,47?,50?,52?,53?,55?,56?,57?,60?,61-/m0/s1. The first-order chi connectivity index (χ1) is 43.1. The molecule has 16 unspecified atom stereocenters. The Morgan fingerprint density at radius 1 is 0.934 bits per heavy atom. The molecule has 30 heteroatoms. The maximum atomic E-state index is 14.5. The second-order valence-corrected chi connectivity index (χ2v) is 28.6. The molecule has 91 heavy (non-hydrogen) atoms. The molecular formula is C61H80IN3O23S3. The molecule has 0 aromatic heterocycles. The van der Waals surface area contributed by atoms with Crippen molar-refractivity contribution in [2.75, 3.05) is 54.5 Å². The van der Waals surface area contributed by atoms with E-state index in [0.717, 1.165) is 18.9 Å². The monoisotopic (exact) mass is 1450 g/mol. The quantitative estimate of drug-likeness (QED) is 0.0210. The van der Waals surface area contributed by atoms with Gasteiger partial charge in [0.1, 0.15) is 42.0 Å². The largest absolute Gasteiger partial charge is 0.492 e. The molecule has 0 radical (unpaired) electrons. The molecule has 6 N–H and O–H groups in total. The number of carbonyl (C=O) groups is 5. The number of carbonyl (C=O) groups excluding carboxylic acids is 5. The molecule has 8 rings (SSSR count). The van der Waals surface area contributed by atoms with Gasteiger partial charge >= 0.3 is 6.09 Å². The van der Waals surface area contributed by atoms with Crippen LogP contribution in [0.4, 0.5) is 4.79 Å². The molecule has 5 saturated heterocycles. The molecule has 502 valence electrons. The summed E-state index contributed by atoms with van der Waals surface area (Å²) in [4.78, 5) is 74.6. The lowest BCUT2D eigenvalue weighted by Gasteiger charge is -2.48. The van der Waals surface area contributed by atoms with Gasteiger partial charge in [0.15, 0.2) is 48.0 Å². The SMILES string of the molecule is CCN(C(C)=O)C1COC(OC2C(O)CC(C)(NOC3CC(O)C(SC(=O)c4c(C)c(I)c(OC5OC6OC6C(OC)C5O)c(OC)c4OC)C(C)O3)OC2O[C@H]2C#C/C=C\C#C[C@]3(O)CC(=O)C(NC(=O)OC)=C2/C3=C\CSSC(C)(C)CC(C)=O)CC1OC. The summed E-state index contributed by atoms with van der Waals surface area (Å²) in [6, 6.07) is -0.480. The van der Waals surface area contributed by atoms with Crippen LogP contribution in [0.1, 0.15) is 96.5 Å². The fourth-order valence-corrected chi connectivity index (χ4v) is 16.0. The molecule has 0 spiro atoms. The number of nitrogens with zero attached hydrogens (tertiary/aromatic N) is 1. The van der Waals surface area contributed by atoms with Crippen LogP contribution in [0.15, 0.2) is 35.1 Å². The third kappa shape index (κ3) is 16.9. The zero-order valence-electron chi connectivity index (χ0n) is 52.7. The van der Waals surface area contributed by atoms with Gasteiger partial charge in [-0.05, 0) is 88.8 Å². The molecule has 2 bridgehead atoms. The molecule has 5 heterocycles. The van der Waals surface area contributed by atoms with Crippen molar-refractivity contribution in [2.24, 2.45) is 0 Å². The Labute approximate surface area is 554 Å². The van der Waals surface area contributed by atoms with Crippen LogP contribution in [0.3, 0.4) is 0 Å². The van der Waals surface area contributed by atoms with Gasteiger partial charge in [-0.15, -0.1) is 0 Å². The number of methoxy groups -OCH3 is 5. The Morgan fingerprint density at radius 2 is 1.66 bits per heavy atom. The zero-order valence-corrected chi connectivity index (χ0v) is 57.3. The van der Waals surface area contributed by atoms with Gasteiger partial charge in [0, 0.05) is 75.0 Å². The van der Waals surface area contributed by atoms with Crippen LogP contribution in [0.2, 0.25) is 0 Å². The van der Waals surface area contributed by atoms with E-state index in [2.05, 4.69) is 34.5 Å². The van der Waals surface area contributed by atoms with Crippen LogP contribution in [0.5, 0.6) is 17.2 Å². The Kier molecular flexibility index (Phi) is 24.9. The van der Waals surface area contributed by atoms with Gasteiger partial charge in [0.2, 0.25) is 23.1 Å². The van der Waals surface area contributed by atoms with Crippen molar-refractivity contribution >= 4 is 84.6 Å². The third-order valence-corrected chi connectivity index (χ3v) is 21.9. The van der Waals surface area contributed by atoms with Gasteiger partial charge in [-0.2, -0.15) is 5.48 Å². The Morgan fingerprint density at radius 3 is 2.31 bits per heavy atom. The maximum absolute atomic E-state index is 14.5. The van der Waals surface area contributed by atoms with Crippen molar-refractivity contribution in [3.05, 3.63) is 49.8 Å². The summed E-state index contributed by atoms with van der Waals surface area (Å²) in [6.45, 7) is 13.9. The van der Waals surface area contributed by atoms with Gasteiger partial charge in [0.25, 0.3) is 0 Å². The summed E-state index contributed by atoms with van der Waals surface area (Å²) in [5, 5.41) is 49.0. The highest BCUT2D eigenvalue weighted by molar-refractivity contribution is 14.1. The Balaban J connectivity index is 1.06. The molecule has 1 aromatic rings. The number of epoxide rings is 1. The maximum Gasteiger partial charge on any atom is 0.411 e. The predicted molar refractivity (Wildman–Crippen MR) is 338 cm³/mol. The average Bonchev–Trinajstić information content (AvgIpc) is 1.58. The molecular weight excluding hydrogens is 1370 g/mol. The number of amides is 2. The lowest BCUT2D eigenvalue weighted by atomic mass is 9.75. The normalized spacial score (nSPS) is 34.5. The fourth-order valence-electron chi connectivity index (χ4n) is 11.8. The molecule has 5 fully saturated rings. The second kappa shape index (κ2) is 31.2. The minimum Gasteiger partial charge on any atom is -0.492 e. The van der Waals surface area contributed by atoms with Crippen LogP contribution in [-0.2, 0) is 66.6 Å². The van der Waals surface area contributed by atoms with Gasteiger partial charge in [-0.1, -0.05) is 63.1 Å². The summed E-state index contributed by atoms with van der Waals surface area (Å²) in [5.41, 5.74) is -0.811. The molecule has 0 saturated carbocycles. The van der Waals surface area contributed by atoms with E-state index in [-0.39, 0.29) is 89.4 Å². The predicted octanol–water partition coefficient (Wildman–Crippen LogP) is 4.26. The van der Waals surface area contributed by atoms with Gasteiger partial charge in [0.05, 0.1) is 84.9 Å². The highest BCUT2D eigenvalue weighted by Crippen LogP contribution is 2.50. The zero-order chi connectivity index (χ0) is 66.4. The lowest BCUT2D eigenvalue weighted by Crippen LogP contribution is -2.63. The lowest BCUT2D eigenvalue weighted by molar-refractivity contribution is -0.367. The number of rotatable bonds is 24. The minimum absolute atomic E-state index is 0.000409. The molecule has 2 aliphatic carbocycles. The highest BCUT2D eigenvalue weighted by atomic mass is 127. The van der Waals surface area contributed by atoms with E-state index in [9.17, 15) is 44.4 Å². The van der Waals surface area contributed by atoms with E-state index >= 15 is 0 Å². The number of hydrogen-bond acceptors (Lipinski definition) is 27. The molecule has 5 aliphatic heterocycles. The summed E-state index contributed by atoms with van der Waals surface area (Å²) in [5.74, 6) is 10.9. The summed E-state index contributed by atoms with van der Waals surface area (Å²) in [7, 11) is 9.60. The number of aliphatic hydroxyl groups is 4. The Hall–Kier alpha value is -4.11. The number of thioether (sulfide) groups is 1. The average molecular weight is 1450 g/mol. The summed E-state index contributed by atoms with van der Waals surface area (Å²) < 4.78 is 78.1. The fraction of sp³-hybridized carbons (Fsp3) is 0.656. The van der Waals surface area contributed by atoms with E-state index in [1.54, 1.807) is 31.7 Å². The van der Waals surface area contributed by atoms with Crippen molar-refractivity contribution in [2.45, 2.75) is 201 Å². The van der Waals surface area contributed by atoms with Crippen LogP contribution in [0, 0.1) is 34.2 Å². The first-order valence-electron chi connectivity index (χ1n) is 29.4. The van der Waals surface area contributed by atoms with Crippen molar-refractivity contribution in [3.8, 4) is 40.9 Å². The number of likely N-dealkylation sites (N-methyl/N-ethyl adjacent to an activating group) is 1. The number of allylic oxidation sites excluding steroid dienone is 3. The van der Waals surface area contributed by atoms with Crippen molar-refractivity contribution < 1.29 is 111 Å². The number of nitrogens with one attached hydrogen (secondary N) is 2. The number of Topliss-reactive ketones (excluding diaryl/α,β-unsaturated/α-hetero) is 2. The molecule has 1 aromatic carbocycles. The number of aliphatic hydroxyl groups excluding tert-OH is 3. The number of ketones is 2.